The van der Waals surface area contributed by atoms with Gasteiger partial charge in [0.1, 0.15) is 5.82 Å². The summed E-state index contributed by atoms with van der Waals surface area (Å²) in [5.74, 6) is -1.80. The van der Waals surface area contributed by atoms with Gasteiger partial charge in [-0.05, 0) is 49.2 Å². The molecule has 1 aliphatic heterocycles. The van der Waals surface area contributed by atoms with Gasteiger partial charge in [0.15, 0.2) is 0 Å². The standard InChI is InChI=1S/C18H17FN2O3/c1-2-24-18(23)14-6-5-13(10-15(14)19)21-17(22)12-4-3-11-7-8-20-16(11)9-12/h3-6,9-10,20H,2,7-8H2,1H3,(H,21,22). The smallest absolute Gasteiger partial charge is 0.341 e. The summed E-state index contributed by atoms with van der Waals surface area (Å²) in [4.78, 5) is 23.9. The van der Waals surface area contributed by atoms with E-state index < -0.39 is 11.8 Å². The molecule has 2 aromatic rings. The van der Waals surface area contributed by atoms with Crippen molar-refractivity contribution in [2.45, 2.75) is 13.3 Å². The molecule has 24 heavy (non-hydrogen) atoms. The fraction of sp³-hybridized carbons (Fsp3) is 0.222. The zero-order valence-electron chi connectivity index (χ0n) is 13.2. The molecule has 0 fully saturated rings. The van der Waals surface area contributed by atoms with Crippen LogP contribution in [0.2, 0.25) is 0 Å². The molecule has 0 saturated carbocycles. The zero-order valence-corrected chi connectivity index (χ0v) is 13.2. The van der Waals surface area contributed by atoms with Crippen LogP contribution in [-0.4, -0.2) is 25.0 Å². The minimum Gasteiger partial charge on any atom is -0.462 e. The molecule has 124 valence electrons. The van der Waals surface area contributed by atoms with Crippen molar-refractivity contribution in [2.24, 2.45) is 0 Å². The molecule has 0 radical (unpaired) electrons. The van der Waals surface area contributed by atoms with Gasteiger partial charge in [0.05, 0.1) is 12.2 Å². The Labute approximate surface area is 138 Å². The Bertz CT molecular complexity index is 805. The Balaban J connectivity index is 1.75. The number of fused-ring (bicyclic) bond motifs is 1. The highest BCUT2D eigenvalue weighted by Gasteiger charge is 2.16. The predicted molar refractivity (Wildman–Crippen MR) is 88.9 cm³/mol. The van der Waals surface area contributed by atoms with Crippen LogP contribution in [0.5, 0.6) is 0 Å². The van der Waals surface area contributed by atoms with Gasteiger partial charge < -0.3 is 15.4 Å². The Hall–Kier alpha value is -2.89. The number of rotatable bonds is 4. The van der Waals surface area contributed by atoms with Crippen LogP contribution in [0.4, 0.5) is 15.8 Å². The summed E-state index contributed by atoms with van der Waals surface area (Å²) in [6, 6.07) is 9.31. The second kappa shape index (κ2) is 6.70. The lowest BCUT2D eigenvalue weighted by molar-refractivity contribution is 0.0521. The SMILES string of the molecule is CCOC(=O)c1ccc(NC(=O)c2ccc3c(c2)NCC3)cc1F. The number of hydrogen-bond acceptors (Lipinski definition) is 4. The van der Waals surface area contributed by atoms with E-state index in [1.165, 1.54) is 17.7 Å². The molecule has 3 rings (SSSR count). The van der Waals surface area contributed by atoms with Gasteiger partial charge in [-0.2, -0.15) is 0 Å². The minimum absolute atomic E-state index is 0.156. The van der Waals surface area contributed by atoms with Crippen molar-refractivity contribution < 1.29 is 18.7 Å². The third kappa shape index (κ3) is 3.22. The maximum Gasteiger partial charge on any atom is 0.341 e. The normalized spacial score (nSPS) is 12.2. The lowest BCUT2D eigenvalue weighted by Crippen LogP contribution is -2.13. The molecule has 5 nitrogen and oxygen atoms in total. The largest absolute Gasteiger partial charge is 0.462 e. The number of nitrogens with one attached hydrogen (secondary N) is 2. The van der Waals surface area contributed by atoms with E-state index in [0.717, 1.165) is 24.7 Å². The summed E-state index contributed by atoms with van der Waals surface area (Å²) < 4.78 is 18.8. The van der Waals surface area contributed by atoms with Crippen molar-refractivity contribution in [2.75, 3.05) is 23.8 Å². The van der Waals surface area contributed by atoms with Crippen LogP contribution in [0.15, 0.2) is 36.4 Å². The second-order valence-corrected chi connectivity index (χ2v) is 5.42. The summed E-state index contributed by atoms with van der Waals surface area (Å²) in [5.41, 5.74) is 2.73. The van der Waals surface area contributed by atoms with Crippen molar-refractivity contribution in [3.8, 4) is 0 Å². The molecule has 6 heteroatoms. The molecule has 0 saturated heterocycles. The first-order chi connectivity index (χ1) is 11.6. The van der Waals surface area contributed by atoms with Crippen LogP contribution in [-0.2, 0) is 11.2 Å². The monoisotopic (exact) mass is 328 g/mol. The quantitative estimate of drug-likeness (QED) is 0.846. The fourth-order valence-corrected chi connectivity index (χ4v) is 2.60. The molecule has 0 bridgehead atoms. The first-order valence-electron chi connectivity index (χ1n) is 7.73. The Morgan fingerprint density at radius 1 is 1.25 bits per heavy atom. The Morgan fingerprint density at radius 3 is 2.83 bits per heavy atom. The van der Waals surface area contributed by atoms with E-state index >= 15 is 0 Å². The van der Waals surface area contributed by atoms with E-state index in [0.29, 0.717) is 5.56 Å². The zero-order chi connectivity index (χ0) is 17.1. The molecular weight excluding hydrogens is 311 g/mol. The van der Waals surface area contributed by atoms with E-state index in [-0.39, 0.29) is 23.8 Å². The van der Waals surface area contributed by atoms with Crippen LogP contribution in [0.3, 0.4) is 0 Å². The summed E-state index contributed by atoms with van der Waals surface area (Å²) in [6.45, 7) is 2.68. The van der Waals surface area contributed by atoms with Gasteiger partial charge in [0.2, 0.25) is 0 Å². The van der Waals surface area contributed by atoms with Crippen LogP contribution < -0.4 is 10.6 Å². The van der Waals surface area contributed by atoms with Gasteiger partial charge in [0, 0.05) is 23.5 Å². The van der Waals surface area contributed by atoms with Gasteiger partial charge in [-0.25, -0.2) is 9.18 Å². The van der Waals surface area contributed by atoms with Gasteiger partial charge in [-0.15, -0.1) is 0 Å². The van der Waals surface area contributed by atoms with Crippen molar-refractivity contribution in [1.82, 2.24) is 0 Å². The predicted octanol–water partition coefficient (Wildman–Crippen LogP) is 3.22. The van der Waals surface area contributed by atoms with Crippen molar-refractivity contribution >= 4 is 23.3 Å². The van der Waals surface area contributed by atoms with Crippen LogP contribution in [0.25, 0.3) is 0 Å². The number of halogens is 1. The maximum absolute atomic E-state index is 14.0. The molecule has 0 spiro atoms. The third-order valence-corrected chi connectivity index (χ3v) is 3.80. The van der Waals surface area contributed by atoms with E-state index in [1.807, 2.05) is 6.07 Å². The molecule has 0 aliphatic carbocycles. The molecular formula is C18H17FN2O3. The number of anilines is 2. The highest BCUT2D eigenvalue weighted by molar-refractivity contribution is 6.05. The second-order valence-electron chi connectivity index (χ2n) is 5.42. The number of hydrogen-bond donors (Lipinski definition) is 2. The van der Waals surface area contributed by atoms with Gasteiger partial charge >= 0.3 is 5.97 Å². The Morgan fingerprint density at radius 2 is 2.08 bits per heavy atom. The first kappa shape index (κ1) is 16.0. The average molecular weight is 328 g/mol. The van der Waals surface area contributed by atoms with Crippen LogP contribution in [0.1, 0.15) is 33.2 Å². The van der Waals surface area contributed by atoms with E-state index in [9.17, 15) is 14.0 Å². The van der Waals surface area contributed by atoms with E-state index in [2.05, 4.69) is 10.6 Å². The van der Waals surface area contributed by atoms with Crippen LogP contribution >= 0.6 is 0 Å². The maximum atomic E-state index is 14.0. The molecule has 2 aromatic carbocycles. The van der Waals surface area contributed by atoms with Crippen LogP contribution in [0, 0.1) is 5.82 Å². The van der Waals surface area contributed by atoms with E-state index in [4.69, 9.17) is 4.74 Å². The lowest BCUT2D eigenvalue weighted by Gasteiger charge is -2.09. The summed E-state index contributed by atoms with van der Waals surface area (Å²) in [5, 5.41) is 5.84. The minimum atomic E-state index is -0.734. The molecule has 1 heterocycles. The lowest BCUT2D eigenvalue weighted by atomic mass is 10.1. The molecule has 1 amide bonds. The topological polar surface area (TPSA) is 67.4 Å². The number of esters is 1. The molecule has 2 N–H and O–H groups in total. The van der Waals surface area contributed by atoms with Crippen molar-refractivity contribution in [1.29, 1.82) is 0 Å². The first-order valence-corrected chi connectivity index (χ1v) is 7.73. The highest BCUT2D eigenvalue weighted by Crippen LogP contribution is 2.24. The van der Waals surface area contributed by atoms with Gasteiger partial charge in [-0.1, -0.05) is 6.07 Å². The summed E-state index contributed by atoms with van der Waals surface area (Å²) in [7, 11) is 0. The number of benzene rings is 2. The molecule has 0 atom stereocenters. The number of ether oxygens (including phenoxy) is 1. The average Bonchev–Trinajstić information content (AvgIpc) is 3.02. The van der Waals surface area contributed by atoms with Gasteiger partial charge in [0.25, 0.3) is 5.91 Å². The van der Waals surface area contributed by atoms with Gasteiger partial charge in [-0.3, -0.25) is 4.79 Å². The third-order valence-electron chi connectivity index (χ3n) is 3.80. The number of carbonyl (C=O) groups excluding carboxylic acids is 2. The highest BCUT2D eigenvalue weighted by atomic mass is 19.1. The van der Waals surface area contributed by atoms with Crippen molar-refractivity contribution in [3.63, 3.8) is 0 Å². The molecule has 0 unspecified atom stereocenters. The number of carbonyl (C=O) groups is 2. The van der Waals surface area contributed by atoms with Crippen molar-refractivity contribution in [3.05, 3.63) is 58.9 Å². The fourth-order valence-electron chi connectivity index (χ4n) is 2.60. The molecule has 1 aliphatic rings. The summed E-state index contributed by atoms with van der Waals surface area (Å²) >= 11 is 0. The molecule has 0 aromatic heterocycles. The summed E-state index contributed by atoms with van der Waals surface area (Å²) in [6.07, 6.45) is 0.942. The van der Waals surface area contributed by atoms with E-state index in [1.54, 1.807) is 19.1 Å². The number of amides is 1. The Kier molecular flexibility index (Phi) is 4.46.